The van der Waals surface area contributed by atoms with Crippen LogP contribution in [-0.2, 0) is 9.59 Å². The number of allylic oxidation sites excluding steroid dienone is 2. The van der Waals surface area contributed by atoms with Crippen molar-refractivity contribution in [2.24, 2.45) is 5.92 Å². The smallest absolute Gasteiger partial charge is 0.326 e. The Hall–Kier alpha value is -1.32. The minimum Gasteiger partial charge on any atom is -0.480 e. The zero-order chi connectivity index (χ0) is 21.0. The number of hydrogen-bond acceptors (Lipinski definition) is 2. The highest BCUT2D eigenvalue weighted by molar-refractivity contribution is 5.83. The van der Waals surface area contributed by atoms with Crippen LogP contribution in [-0.4, -0.2) is 23.0 Å². The zero-order valence-electron chi connectivity index (χ0n) is 18.7. The van der Waals surface area contributed by atoms with Gasteiger partial charge >= 0.3 is 5.97 Å². The van der Waals surface area contributed by atoms with Gasteiger partial charge in [0.05, 0.1) is 0 Å². The van der Waals surface area contributed by atoms with Crippen molar-refractivity contribution in [1.82, 2.24) is 5.32 Å². The van der Waals surface area contributed by atoms with Gasteiger partial charge in [-0.25, -0.2) is 4.79 Å². The molecule has 2 N–H and O–H groups in total. The summed E-state index contributed by atoms with van der Waals surface area (Å²) < 4.78 is 0. The number of carboxylic acid groups (broad SMARTS) is 1. The molecule has 0 aromatic heterocycles. The molecule has 0 heterocycles. The molecule has 0 aromatic rings. The van der Waals surface area contributed by atoms with E-state index in [1.54, 1.807) is 0 Å². The number of rotatable bonds is 19. The highest BCUT2D eigenvalue weighted by atomic mass is 16.4. The van der Waals surface area contributed by atoms with Crippen molar-refractivity contribution in [3.63, 3.8) is 0 Å². The lowest BCUT2D eigenvalue weighted by atomic mass is 10.0. The Morgan fingerprint density at radius 1 is 0.786 bits per heavy atom. The molecule has 0 fully saturated rings. The summed E-state index contributed by atoms with van der Waals surface area (Å²) in [7, 11) is 0. The first kappa shape index (κ1) is 26.7. The molecule has 0 aliphatic carbocycles. The van der Waals surface area contributed by atoms with E-state index < -0.39 is 12.0 Å². The highest BCUT2D eigenvalue weighted by Gasteiger charge is 2.22. The number of carboxylic acids is 1. The van der Waals surface area contributed by atoms with Crippen LogP contribution in [0.5, 0.6) is 0 Å². The van der Waals surface area contributed by atoms with Gasteiger partial charge in [0.25, 0.3) is 0 Å². The van der Waals surface area contributed by atoms with Crippen LogP contribution in [0.25, 0.3) is 0 Å². The average molecular weight is 396 g/mol. The molecular weight excluding hydrogens is 350 g/mol. The molecule has 0 aromatic carbocycles. The number of amides is 1. The van der Waals surface area contributed by atoms with Crippen molar-refractivity contribution in [2.75, 3.05) is 0 Å². The molecule has 28 heavy (non-hydrogen) atoms. The molecule has 0 radical (unpaired) electrons. The first-order valence-corrected chi connectivity index (χ1v) is 11.7. The van der Waals surface area contributed by atoms with Crippen LogP contribution in [0.4, 0.5) is 0 Å². The van der Waals surface area contributed by atoms with E-state index in [9.17, 15) is 9.59 Å². The Bertz CT molecular complexity index is 418. The number of unbranched alkanes of at least 4 members (excludes halogenated alkanes) is 12. The first-order valence-electron chi connectivity index (χ1n) is 11.7. The Labute approximate surface area is 173 Å². The van der Waals surface area contributed by atoms with E-state index in [4.69, 9.17) is 5.11 Å². The normalized spacial score (nSPS) is 12.6. The molecular formula is C24H45NO3. The predicted octanol–water partition coefficient (Wildman–Crippen LogP) is 6.64. The second-order valence-electron chi connectivity index (χ2n) is 8.32. The maximum atomic E-state index is 11.8. The van der Waals surface area contributed by atoms with Crippen molar-refractivity contribution in [2.45, 2.75) is 123 Å². The van der Waals surface area contributed by atoms with E-state index in [-0.39, 0.29) is 11.8 Å². The maximum absolute atomic E-state index is 11.8. The second kappa shape index (κ2) is 19.0. The SMILES string of the molecule is CCCCCCCCC/C=C\CCCCCCCC(=O)N[C@H](C(=O)O)C(C)C. The van der Waals surface area contributed by atoms with Crippen LogP contribution >= 0.6 is 0 Å². The molecule has 4 nitrogen and oxygen atoms in total. The van der Waals surface area contributed by atoms with Gasteiger partial charge < -0.3 is 10.4 Å². The summed E-state index contributed by atoms with van der Waals surface area (Å²) in [6, 6.07) is -0.777. The van der Waals surface area contributed by atoms with Crippen molar-refractivity contribution < 1.29 is 14.7 Å². The van der Waals surface area contributed by atoms with Crippen LogP contribution in [0.15, 0.2) is 12.2 Å². The number of aliphatic carboxylic acids is 1. The van der Waals surface area contributed by atoms with Gasteiger partial charge in [-0.2, -0.15) is 0 Å². The number of carbonyl (C=O) groups excluding carboxylic acids is 1. The topological polar surface area (TPSA) is 66.4 Å². The van der Waals surface area contributed by atoms with Gasteiger partial charge in [0.15, 0.2) is 0 Å². The molecule has 0 aliphatic heterocycles. The molecule has 164 valence electrons. The second-order valence-corrected chi connectivity index (χ2v) is 8.32. The summed E-state index contributed by atoms with van der Waals surface area (Å²) in [5, 5.41) is 11.7. The van der Waals surface area contributed by atoms with Gasteiger partial charge in [-0.15, -0.1) is 0 Å². The van der Waals surface area contributed by atoms with E-state index in [1.807, 2.05) is 13.8 Å². The molecule has 0 rings (SSSR count). The van der Waals surface area contributed by atoms with E-state index >= 15 is 0 Å². The summed E-state index contributed by atoms with van der Waals surface area (Å²) in [5.74, 6) is -1.20. The molecule has 4 heteroatoms. The fraction of sp³-hybridized carbons (Fsp3) is 0.833. The quantitative estimate of drug-likeness (QED) is 0.190. The van der Waals surface area contributed by atoms with Crippen LogP contribution < -0.4 is 5.32 Å². The molecule has 0 spiro atoms. The monoisotopic (exact) mass is 395 g/mol. The van der Waals surface area contributed by atoms with Gasteiger partial charge in [0.1, 0.15) is 6.04 Å². The average Bonchev–Trinajstić information content (AvgIpc) is 2.65. The van der Waals surface area contributed by atoms with Crippen molar-refractivity contribution >= 4 is 11.9 Å². The molecule has 0 bridgehead atoms. The molecule has 0 saturated carbocycles. The summed E-state index contributed by atoms with van der Waals surface area (Å²) in [5.41, 5.74) is 0. The minimum absolute atomic E-state index is 0.0969. The molecule has 1 atom stereocenters. The van der Waals surface area contributed by atoms with E-state index in [0.29, 0.717) is 6.42 Å². The standard InChI is InChI=1S/C24H45NO3/c1-4-5-6-7-8-9-10-11-12-13-14-15-16-17-18-19-20-22(26)25-23(21(2)3)24(27)28/h12-13,21,23H,4-11,14-20H2,1-3H3,(H,25,26)(H,27,28)/b13-12-/t23-/m0/s1. The predicted molar refractivity (Wildman–Crippen MR) is 118 cm³/mol. The van der Waals surface area contributed by atoms with Gasteiger partial charge in [0.2, 0.25) is 5.91 Å². The first-order chi connectivity index (χ1) is 13.5. The van der Waals surface area contributed by atoms with Crippen LogP contribution in [0.3, 0.4) is 0 Å². The minimum atomic E-state index is -0.955. The fourth-order valence-electron chi connectivity index (χ4n) is 3.29. The van der Waals surface area contributed by atoms with Gasteiger partial charge in [-0.1, -0.05) is 90.7 Å². The lowest BCUT2D eigenvalue weighted by Crippen LogP contribution is -2.44. The maximum Gasteiger partial charge on any atom is 0.326 e. The highest BCUT2D eigenvalue weighted by Crippen LogP contribution is 2.11. The molecule has 0 aliphatic rings. The number of hydrogen-bond donors (Lipinski definition) is 2. The molecule has 0 unspecified atom stereocenters. The van der Waals surface area contributed by atoms with Crippen LogP contribution in [0.1, 0.15) is 117 Å². The fourth-order valence-corrected chi connectivity index (χ4v) is 3.29. The van der Waals surface area contributed by atoms with E-state index in [0.717, 1.165) is 25.7 Å². The van der Waals surface area contributed by atoms with E-state index in [1.165, 1.54) is 64.2 Å². The van der Waals surface area contributed by atoms with Gasteiger partial charge in [-0.05, 0) is 38.0 Å². The van der Waals surface area contributed by atoms with Crippen molar-refractivity contribution in [3.8, 4) is 0 Å². The summed E-state index contributed by atoms with van der Waals surface area (Å²) >= 11 is 0. The van der Waals surface area contributed by atoms with Gasteiger partial charge in [0, 0.05) is 6.42 Å². The lowest BCUT2D eigenvalue weighted by Gasteiger charge is -2.17. The largest absolute Gasteiger partial charge is 0.480 e. The summed E-state index contributed by atoms with van der Waals surface area (Å²) in [6.45, 7) is 5.88. The number of carbonyl (C=O) groups is 2. The Morgan fingerprint density at radius 3 is 1.71 bits per heavy atom. The Kier molecular flexibility index (Phi) is 18.1. The lowest BCUT2D eigenvalue weighted by molar-refractivity contribution is -0.143. The third-order valence-corrected chi connectivity index (χ3v) is 5.16. The van der Waals surface area contributed by atoms with Crippen LogP contribution in [0, 0.1) is 5.92 Å². The van der Waals surface area contributed by atoms with E-state index in [2.05, 4.69) is 24.4 Å². The zero-order valence-corrected chi connectivity index (χ0v) is 18.7. The molecule has 0 saturated heterocycles. The summed E-state index contributed by atoms with van der Waals surface area (Å²) in [4.78, 5) is 22.9. The number of nitrogens with one attached hydrogen (secondary N) is 1. The Morgan fingerprint density at radius 2 is 1.25 bits per heavy atom. The Balaban J connectivity index is 3.43. The van der Waals surface area contributed by atoms with Crippen molar-refractivity contribution in [1.29, 1.82) is 0 Å². The van der Waals surface area contributed by atoms with Gasteiger partial charge in [-0.3, -0.25) is 4.79 Å². The molecule has 1 amide bonds. The summed E-state index contributed by atoms with van der Waals surface area (Å²) in [6.07, 6.45) is 22.5. The van der Waals surface area contributed by atoms with Crippen molar-refractivity contribution in [3.05, 3.63) is 12.2 Å². The third kappa shape index (κ3) is 16.8. The van der Waals surface area contributed by atoms with Crippen LogP contribution in [0.2, 0.25) is 0 Å². The third-order valence-electron chi connectivity index (χ3n) is 5.16.